The van der Waals surface area contributed by atoms with Crippen molar-refractivity contribution in [1.29, 1.82) is 0 Å². The van der Waals surface area contributed by atoms with Gasteiger partial charge in [-0.25, -0.2) is 9.97 Å². The third-order valence-electron chi connectivity index (χ3n) is 4.79. The van der Waals surface area contributed by atoms with Gasteiger partial charge in [0.1, 0.15) is 17.0 Å². The smallest absolute Gasteiger partial charge is 0.278 e. The molecular formula is C21H14F3N5. The molecule has 0 bridgehead atoms. The van der Waals surface area contributed by atoms with E-state index in [1.54, 1.807) is 16.8 Å². The van der Waals surface area contributed by atoms with Gasteiger partial charge in [0.25, 0.3) is 0 Å². The molecule has 1 N–H and O–H groups in total. The molecule has 0 unspecified atom stereocenters. The van der Waals surface area contributed by atoms with Crippen LogP contribution in [0.4, 0.5) is 13.2 Å². The molecule has 5 rings (SSSR count). The number of halogens is 3. The Morgan fingerprint density at radius 2 is 1.72 bits per heavy atom. The highest BCUT2D eigenvalue weighted by Gasteiger charge is 2.33. The second-order valence-corrected chi connectivity index (χ2v) is 6.82. The number of aryl methyl sites for hydroxylation is 1. The minimum absolute atomic E-state index is 0.151. The molecule has 0 fully saturated rings. The van der Waals surface area contributed by atoms with Gasteiger partial charge in [-0.2, -0.15) is 18.3 Å². The van der Waals surface area contributed by atoms with E-state index in [9.17, 15) is 13.2 Å². The van der Waals surface area contributed by atoms with Crippen LogP contribution in [0.15, 0.2) is 60.8 Å². The highest BCUT2D eigenvalue weighted by molar-refractivity contribution is 5.84. The summed E-state index contributed by atoms with van der Waals surface area (Å²) in [5.74, 6) is 0.523. The quantitative estimate of drug-likeness (QED) is 0.443. The molecule has 0 saturated heterocycles. The van der Waals surface area contributed by atoms with Crippen LogP contribution in [0.1, 0.15) is 11.3 Å². The van der Waals surface area contributed by atoms with Crippen molar-refractivity contribution in [1.82, 2.24) is 24.7 Å². The zero-order valence-electron chi connectivity index (χ0n) is 15.2. The molecule has 3 aromatic heterocycles. The summed E-state index contributed by atoms with van der Waals surface area (Å²) in [4.78, 5) is 8.50. The summed E-state index contributed by atoms with van der Waals surface area (Å²) in [5.41, 5.74) is 2.94. The first kappa shape index (κ1) is 17.4. The SMILES string of the molecule is Cc1ccc(-c2nc3ccc(C(F)(F)F)nc3n2-c2ccc3[nH]ncc3c2)cc1. The Morgan fingerprint density at radius 3 is 2.48 bits per heavy atom. The number of alkyl halides is 3. The van der Waals surface area contributed by atoms with Crippen LogP contribution >= 0.6 is 0 Å². The van der Waals surface area contributed by atoms with E-state index in [1.807, 2.05) is 43.3 Å². The number of hydrogen-bond donors (Lipinski definition) is 1. The summed E-state index contributed by atoms with van der Waals surface area (Å²) in [7, 11) is 0. The lowest BCUT2D eigenvalue weighted by atomic mass is 10.1. The number of hydrogen-bond acceptors (Lipinski definition) is 3. The van der Waals surface area contributed by atoms with Gasteiger partial charge in [-0.15, -0.1) is 0 Å². The fourth-order valence-electron chi connectivity index (χ4n) is 3.33. The van der Waals surface area contributed by atoms with Crippen molar-refractivity contribution >= 4 is 22.1 Å². The van der Waals surface area contributed by atoms with Crippen LogP contribution in [-0.4, -0.2) is 24.7 Å². The number of nitrogens with one attached hydrogen (secondary N) is 1. The molecule has 0 aliphatic carbocycles. The van der Waals surface area contributed by atoms with Gasteiger partial charge < -0.3 is 0 Å². The van der Waals surface area contributed by atoms with Crippen molar-refractivity contribution < 1.29 is 13.2 Å². The van der Waals surface area contributed by atoms with Gasteiger partial charge in [0.2, 0.25) is 0 Å². The van der Waals surface area contributed by atoms with E-state index in [0.29, 0.717) is 17.0 Å². The fourth-order valence-corrected chi connectivity index (χ4v) is 3.33. The molecule has 0 spiro atoms. The van der Waals surface area contributed by atoms with E-state index in [0.717, 1.165) is 28.1 Å². The molecule has 29 heavy (non-hydrogen) atoms. The molecule has 2 aromatic carbocycles. The highest BCUT2D eigenvalue weighted by atomic mass is 19.4. The number of fused-ring (bicyclic) bond motifs is 2. The van der Waals surface area contributed by atoms with Crippen molar-refractivity contribution in [2.24, 2.45) is 0 Å². The second-order valence-electron chi connectivity index (χ2n) is 6.82. The van der Waals surface area contributed by atoms with Crippen LogP contribution in [-0.2, 0) is 6.18 Å². The second kappa shape index (κ2) is 6.16. The molecule has 3 heterocycles. The van der Waals surface area contributed by atoms with E-state index in [-0.39, 0.29) is 5.65 Å². The molecule has 0 amide bonds. The first-order valence-corrected chi connectivity index (χ1v) is 8.87. The molecule has 0 atom stereocenters. The number of benzene rings is 2. The third-order valence-corrected chi connectivity index (χ3v) is 4.79. The van der Waals surface area contributed by atoms with Gasteiger partial charge in [-0.05, 0) is 37.3 Å². The number of pyridine rings is 1. The first-order valence-electron chi connectivity index (χ1n) is 8.87. The summed E-state index contributed by atoms with van der Waals surface area (Å²) >= 11 is 0. The summed E-state index contributed by atoms with van der Waals surface area (Å²) in [6.45, 7) is 1.97. The van der Waals surface area contributed by atoms with Crippen LogP contribution in [0.3, 0.4) is 0 Å². The Kier molecular flexibility index (Phi) is 3.70. The fraction of sp³-hybridized carbons (Fsp3) is 0.0952. The maximum Gasteiger partial charge on any atom is 0.433 e. The van der Waals surface area contributed by atoms with Crippen molar-refractivity contribution in [2.75, 3.05) is 0 Å². The number of rotatable bonds is 2. The minimum atomic E-state index is -4.54. The zero-order valence-corrected chi connectivity index (χ0v) is 15.2. The predicted molar refractivity (Wildman–Crippen MR) is 104 cm³/mol. The Balaban J connectivity index is 1.83. The number of aromatic nitrogens is 5. The molecule has 0 saturated carbocycles. The standard InChI is InChI=1S/C21H14F3N5/c1-12-2-4-13(5-3-12)19-26-17-8-9-18(21(22,23)24)27-20(17)29(19)15-6-7-16-14(10-15)11-25-28-16/h2-11H,1H3,(H,25,28). The van der Waals surface area contributed by atoms with E-state index >= 15 is 0 Å². The average Bonchev–Trinajstić information content (AvgIpc) is 3.31. The summed E-state index contributed by atoms with van der Waals surface area (Å²) in [6.07, 6.45) is -2.88. The molecule has 0 aliphatic rings. The van der Waals surface area contributed by atoms with Crippen molar-refractivity contribution in [3.8, 4) is 17.1 Å². The molecule has 8 heteroatoms. The number of aromatic amines is 1. The lowest BCUT2D eigenvalue weighted by Crippen LogP contribution is -2.08. The lowest BCUT2D eigenvalue weighted by molar-refractivity contribution is -0.141. The van der Waals surface area contributed by atoms with E-state index < -0.39 is 11.9 Å². The van der Waals surface area contributed by atoms with Gasteiger partial charge in [-0.1, -0.05) is 29.8 Å². The third kappa shape index (κ3) is 2.93. The van der Waals surface area contributed by atoms with Crippen molar-refractivity contribution in [2.45, 2.75) is 13.1 Å². The monoisotopic (exact) mass is 393 g/mol. The zero-order chi connectivity index (χ0) is 20.2. The molecule has 0 radical (unpaired) electrons. The average molecular weight is 393 g/mol. The van der Waals surface area contributed by atoms with Crippen LogP contribution in [0, 0.1) is 6.92 Å². The molecular weight excluding hydrogens is 379 g/mol. The molecule has 144 valence electrons. The molecule has 5 aromatic rings. The van der Waals surface area contributed by atoms with E-state index in [4.69, 9.17) is 0 Å². The molecule has 0 aliphatic heterocycles. The largest absolute Gasteiger partial charge is 0.433 e. The Labute approximate surface area is 162 Å². The maximum atomic E-state index is 13.3. The van der Waals surface area contributed by atoms with Crippen LogP contribution < -0.4 is 0 Å². The predicted octanol–water partition coefficient (Wildman–Crippen LogP) is 5.29. The van der Waals surface area contributed by atoms with Crippen molar-refractivity contribution in [3.63, 3.8) is 0 Å². The van der Waals surface area contributed by atoms with Crippen molar-refractivity contribution in [3.05, 3.63) is 72.1 Å². The van der Waals surface area contributed by atoms with Crippen LogP contribution in [0.2, 0.25) is 0 Å². The summed E-state index contributed by atoms with van der Waals surface area (Å²) in [5, 5.41) is 7.72. The topological polar surface area (TPSA) is 59.4 Å². The summed E-state index contributed by atoms with van der Waals surface area (Å²) < 4.78 is 41.5. The normalized spacial score (nSPS) is 12.1. The van der Waals surface area contributed by atoms with Gasteiger partial charge >= 0.3 is 6.18 Å². The lowest BCUT2D eigenvalue weighted by Gasteiger charge is -2.11. The Morgan fingerprint density at radius 1 is 0.931 bits per heavy atom. The van der Waals surface area contributed by atoms with Gasteiger partial charge in [0.05, 0.1) is 11.7 Å². The van der Waals surface area contributed by atoms with Crippen LogP contribution in [0.5, 0.6) is 0 Å². The van der Waals surface area contributed by atoms with Crippen LogP contribution in [0.25, 0.3) is 39.1 Å². The molecule has 5 nitrogen and oxygen atoms in total. The minimum Gasteiger partial charge on any atom is -0.278 e. The Bertz CT molecular complexity index is 1350. The van der Waals surface area contributed by atoms with Gasteiger partial charge in [0.15, 0.2) is 5.65 Å². The van der Waals surface area contributed by atoms with Gasteiger partial charge in [0, 0.05) is 16.6 Å². The van der Waals surface area contributed by atoms with E-state index in [1.165, 1.54) is 6.07 Å². The van der Waals surface area contributed by atoms with Gasteiger partial charge in [-0.3, -0.25) is 9.67 Å². The highest BCUT2D eigenvalue weighted by Crippen LogP contribution is 2.33. The number of H-pyrrole nitrogens is 1. The number of nitrogens with zero attached hydrogens (tertiary/aromatic N) is 4. The van der Waals surface area contributed by atoms with E-state index in [2.05, 4.69) is 20.2 Å². The maximum absolute atomic E-state index is 13.3. The summed E-state index contributed by atoms with van der Waals surface area (Å²) in [6, 6.07) is 15.5. The Hall–Kier alpha value is -3.68. The number of imidazole rings is 1. The first-order chi connectivity index (χ1) is 13.9.